The fraction of sp³-hybridized carbons (Fsp3) is 0.0769. The first-order valence-electron chi connectivity index (χ1n) is 6.14. The first-order chi connectivity index (χ1) is 10.3. The highest BCUT2D eigenvalue weighted by Gasteiger charge is 2.16. The van der Waals surface area contributed by atoms with E-state index in [9.17, 15) is 23.1 Å². The zero-order valence-corrected chi connectivity index (χ0v) is 12.1. The van der Waals surface area contributed by atoms with Gasteiger partial charge in [-0.2, -0.15) is 0 Å². The van der Waals surface area contributed by atoms with E-state index in [0.29, 0.717) is 10.9 Å². The number of hydrogen-bond donors (Lipinski definition) is 4. The maximum absolute atomic E-state index is 12.0. The fourth-order valence-electron chi connectivity index (χ4n) is 2.37. The van der Waals surface area contributed by atoms with E-state index >= 15 is 0 Å². The van der Waals surface area contributed by atoms with Crippen LogP contribution in [0.3, 0.4) is 0 Å². The molecule has 3 aromatic rings. The molecule has 9 heteroatoms. The molecule has 2 heterocycles. The Hall–Kier alpha value is -2.81. The highest BCUT2D eigenvalue weighted by Crippen LogP contribution is 2.27. The summed E-state index contributed by atoms with van der Waals surface area (Å²) in [5.74, 6) is -1.18. The second kappa shape index (κ2) is 4.60. The van der Waals surface area contributed by atoms with Crippen LogP contribution in [-0.4, -0.2) is 35.7 Å². The Balaban J connectivity index is 2.41. The highest BCUT2D eigenvalue weighted by molar-refractivity contribution is 7.92. The molecule has 4 N–H and O–H groups in total. The molecule has 2 aromatic heterocycles. The van der Waals surface area contributed by atoms with Crippen molar-refractivity contribution in [2.45, 2.75) is 0 Å². The first kappa shape index (κ1) is 14.1. The van der Waals surface area contributed by atoms with Crippen molar-refractivity contribution in [1.29, 1.82) is 0 Å². The SMILES string of the molecule is CS(=O)(=O)Nc1ccc2[nH]c(=O)c3[nH]cc(C(=O)O)c3c2c1. The number of benzene rings is 1. The van der Waals surface area contributed by atoms with Gasteiger partial charge in [0.05, 0.1) is 11.8 Å². The molecule has 0 saturated carbocycles. The van der Waals surface area contributed by atoms with Gasteiger partial charge >= 0.3 is 5.97 Å². The van der Waals surface area contributed by atoms with Crippen molar-refractivity contribution in [1.82, 2.24) is 9.97 Å². The Labute approximate surface area is 123 Å². The second-order valence-electron chi connectivity index (χ2n) is 4.85. The zero-order valence-electron chi connectivity index (χ0n) is 11.3. The minimum absolute atomic E-state index is 0.0531. The number of rotatable bonds is 3. The number of H-pyrrole nitrogens is 2. The summed E-state index contributed by atoms with van der Waals surface area (Å²) in [6.07, 6.45) is 2.25. The van der Waals surface area contributed by atoms with Gasteiger partial charge in [0.25, 0.3) is 5.56 Å². The van der Waals surface area contributed by atoms with Crippen LogP contribution in [0.2, 0.25) is 0 Å². The molecule has 0 fully saturated rings. The molecule has 0 unspecified atom stereocenters. The average molecular weight is 321 g/mol. The van der Waals surface area contributed by atoms with Crippen LogP contribution in [0.4, 0.5) is 5.69 Å². The van der Waals surface area contributed by atoms with Crippen molar-refractivity contribution in [3.63, 3.8) is 0 Å². The number of pyridine rings is 1. The van der Waals surface area contributed by atoms with Crippen LogP contribution in [0.1, 0.15) is 10.4 Å². The third kappa shape index (κ3) is 2.31. The number of carboxylic acids is 1. The lowest BCUT2D eigenvalue weighted by Crippen LogP contribution is -2.10. The Morgan fingerprint density at radius 3 is 2.68 bits per heavy atom. The molecule has 0 atom stereocenters. The molecular weight excluding hydrogens is 310 g/mol. The number of carboxylic acid groups (broad SMARTS) is 1. The predicted octanol–water partition coefficient (Wildman–Crippen LogP) is 1.08. The highest BCUT2D eigenvalue weighted by atomic mass is 32.2. The Morgan fingerprint density at radius 1 is 1.32 bits per heavy atom. The number of aromatic nitrogens is 2. The minimum Gasteiger partial charge on any atom is -0.478 e. The molecule has 0 aliphatic rings. The molecule has 0 spiro atoms. The molecule has 0 amide bonds. The maximum atomic E-state index is 12.0. The van der Waals surface area contributed by atoms with Gasteiger partial charge in [-0.05, 0) is 18.2 Å². The van der Waals surface area contributed by atoms with Crippen LogP contribution in [0, 0.1) is 0 Å². The molecule has 0 radical (unpaired) electrons. The lowest BCUT2D eigenvalue weighted by molar-refractivity contribution is 0.0699. The monoisotopic (exact) mass is 321 g/mol. The van der Waals surface area contributed by atoms with Crippen molar-refractivity contribution in [3.8, 4) is 0 Å². The number of hydrogen-bond acceptors (Lipinski definition) is 4. The second-order valence-corrected chi connectivity index (χ2v) is 6.59. The third-order valence-corrected chi connectivity index (χ3v) is 3.78. The number of aromatic carboxylic acids is 1. The average Bonchev–Trinajstić information content (AvgIpc) is 2.83. The molecule has 8 nitrogen and oxygen atoms in total. The normalized spacial score (nSPS) is 11.9. The maximum Gasteiger partial charge on any atom is 0.337 e. The molecular formula is C13H11N3O5S. The first-order valence-corrected chi connectivity index (χ1v) is 8.03. The summed E-state index contributed by atoms with van der Waals surface area (Å²) in [5.41, 5.74) is 0.322. The van der Waals surface area contributed by atoms with E-state index in [1.54, 1.807) is 0 Å². The minimum atomic E-state index is -3.47. The number of anilines is 1. The molecule has 0 bridgehead atoms. The number of nitrogens with one attached hydrogen (secondary N) is 3. The van der Waals surface area contributed by atoms with Crippen LogP contribution >= 0.6 is 0 Å². The molecule has 3 rings (SSSR count). The Morgan fingerprint density at radius 2 is 2.05 bits per heavy atom. The Bertz CT molecular complexity index is 1080. The van der Waals surface area contributed by atoms with Crippen molar-refractivity contribution in [2.75, 3.05) is 11.0 Å². The summed E-state index contributed by atoms with van der Waals surface area (Å²) in [6, 6.07) is 4.48. The van der Waals surface area contributed by atoms with E-state index < -0.39 is 21.6 Å². The molecule has 0 aliphatic heterocycles. The largest absolute Gasteiger partial charge is 0.478 e. The van der Waals surface area contributed by atoms with Crippen LogP contribution in [0.5, 0.6) is 0 Å². The fourth-order valence-corrected chi connectivity index (χ4v) is 2.93. The summed E-state index contributed by atoms with van der Waals surface area (Å²) in [6.45, 7) is 0. The van der Waals surface area contributed by atoms with Crippen LogP contribution in [0.25, 0.3) is 21.8 Å². The van der Waals surface area contributed by atoms with Gasteiger partial charge in [-0.15, -0.1) is 0 Å². The van der Waals surface area contributed by atoms with E-state index in [2.05, 4.69) is 14.7 Å². The van der Waals surface area contributed by atoms with Gasteiger partial charge < -0.3 is 15.1 Å². The van der Waals surface area contributed by atoms with E-state index in [1.165, 1.54) is 24.4 Å². The van der Waals surface area contributed by atoms with Crippen LogP contribution in [-0.2, 0) is 10.0 Å². The molecule has 114 valence electrons. The topological polar surface area (TPSA) is 132 Å². The lowest BCUT2D eigenvalue weighted by atomic mass is 10.1. The Kier molecular flexibility index (Phi) is 2.96. The summed E-state index contributed by atoms with van der Waals surface area (Å²) in [5, 5.41) is 9.91. The lowest BCUT2D eigenvalue weighted by Gasteiger charge is -2.06. The number of aromatic amines is 2. The summed E-state index contributed by atoms with van der Waals surface area (Å²) < 4.78 is 24.9. The van der Waals surface area contributed by atoms with E-state index in [1.807, 2.05) is 0 Å². The molecule has 22 heavy (non-hydrogen) atoms. The van der Waals surface area contributed by atoms with Gasteiger partial charge in [-0.25, -0.2) is 13.2 Å². The van der Waals surface area contributed by atoms with Gasteiger partial charge in [0.1, 0.15) is 5.52 Å². The quantitative estimate of drug-likeness (QED) is 0.573. The summed E-state index contributed by atoms with van der Waals surface area (Å²) in [4.78, 5) is 28.5. The van der Waals surface area contributed by atoms with Gasteiger partial charge in [-0.3, -0.25) is 9.52 Å². The number of carbonyl (C=O) groups is 1. The van der Waals surface area contributed by atoms with Crippen LogP contribution in [0.15, 0.2) is 29.2 Å². The van der Waals surface area contributed by atoms with E-state index in [0.717, 1.165) is 6.26 Å². The van der Waals surface area contributed by atoms with E-state index in [-0.39, 0.29) is 22.2 Å². The van der Waals surface area contributed by atoms with E-state index in [4.69, 9.17) is 0 Å². The number of sulfonamides is 1. The van der Waals surface area contributed by atoms with Crippen molar-refractivity contribution < 1.29 is 18.3 Å². The van der Waals surface area contributed by atoms with Gasteiger partial charge in [-0.1, -0.05) is 0 Å². The number of fused-ring (bicyclic) bond motifs is 3. The van der Waals surface area contributed by atoms with Gasteiger partial charge in [0.15, 0.2) is 0 Å². The standard InChI is InChI=1S/C13H11N3O5S/c1-22(20,21)16-6-2-3-9-7(4-6)10-8(13(18)19)5-14-11(10)12(17)15-9/h2-5,14,16H,1H3,(H,15,17)(H,18,19). The predicted molar refractivity (Wildman–Crippen MR) is 81.9 cm³/mol. The summed E-state index contributed by atoms with van der Waals surface area (Å²) >= 11 is 0. The molecule has 0 aliphatic carbocycles. The third-order valence-electron chi connectivity index (χ3n) is 3.18. The van der Waals surface area contributed by atoms with Gasteiger partial charge in [0.2, 0.25) is 10.0 Å². The van der Waals surface area contributed by atoms with Crippen LogP contribution < -0.4 is 10.3 Å². The summed E-state index contributed by atoms with van der Waals surface area (Å²) in [7, 11) is -3.47. The van der Waals surface area contributed by atoms with Crippen molar-refractivity contribution in [2.24, 2.45) is 0 Å². The molecule has 0 saturated heterocycles. The van der Waals surface area contributed by atoms with Crippen molar-refractivity contribution in [3.05, 3.63) is 40.3 Å². The smallest absolute Gasteiger partial charge is 0.337 e. The van der Waals surface area contributed by atoms with Gasteiger partial charge in [0, 0.05) is 28.2 Å². The zero-order chi connectivity index (χ0) is 16.1. The van der Waals surface area contributed by atoms with Crippen molar-refractivity contribution >= 4 is 43.5 Å². The molecule has 1 aromatic carbocycles.